The zero-order valence-electron chi connectivity index (χ0n) is 14.4. The summed E-state index contributed by atoms with van der Waals surface area (Å²) in [4.78, 5) is 16.4. The second-order valence-corrected chi connectivity index (χ2v) is 6.95. The van der Waals surface area contributed by atoms with Crippen molar-refractivity contribution in [3.05, 3.63) is 18.5 Å². The van der Waals surface area contributed by atoms with Gasteiger partial charge in [-0.05, 0) is 45.6 Å². The van der Waals surface area contributed by atoms with E-state index in [1.165, 1.54) is 7.11 Å². The Bertz CT molecular complexity index is 499. The summed E-state index contributed by atoms with van der Waals surface area (Å²) in [5.74, 6) is 0. The van der Waals surface area contributed by atoms with Crippen LogP contribution in [0.15, 0.2) is 18.5 Å². The van der Waals surface area contributed by atoms with Gasteiger partial charge in [0, 0.05) is 43.6 Å². The number of hydrogen-bond acceptors (Lipinski definition) is 4. The van der Waals surface area contributed by atoms with Gasteiger partial charge in [-0.3, -0.25) is 4.68 Å². The molecule has 3 heterocycles. The average molecular weight is 320 g/mol. The standard InChI is InChI=1S/C17H28N4O2/c1-13-11-16(12-14(2)21(13)17(22)23-3)19-9-5-15(6-10-19)20-8-4-7-18-20/h4,7-8,13-16H,5-6,9-12H2,1-3H3. The normalized spacial score (nSPS) is 30.4. The fourth-order valence-corrected chi connectivity index (χ4v) is 4.32. The number of likely N-dealkylation sites (tertiary alicyclic amines) is 2. The van der Waals surface area contributed by atoms with Gasteiger partial charge < -0.3 is 14.5 Å². The van der Waals surface area contributed by atoms with Crippen molar-refractivity contribution >= 4 is 6.09 Å². The Morgan fingerprint density at radius 2 is 1.78 bits per heavy atom. The molecule has 128 valence electrons. The Morgan fingerprint density at radius 3 is 2.30 bits per heavy atom. The molecule has 1 aromatic heterocycles. The van der Waals surface area contributed by atoms with Crippen molar-refractivity contribution in [3.63, 3.8) is 0 Å². The molecule has 2 aliphatic heterocycles. The molecule has 2 aliphatic rings. The second-order valence-electron chi connectivity index (χ2n) is 6.95. The molecule has 2 unspecified atom stereocenters. The first kappa shape index (κ1) is 16.3. The molecule has 1 amide bonds. The van der Waals surface area contributed by atoms with Crippen molar-refractivity contribution in [2.24, 2.45) is 0 Å². The lowest BCUT2D eigenvalue weighted by Crippen LogP contribution is -2.56. The van der Waals surface area contributed by atoms with Crippen molar-refractivity contribution in [1.29, 1.82) is 0 Å². The molecule has 0 aliphatic carbocycles. The second kappa shape index (κ2) is 6.91. The molecule has 0 aromatic carbocycles. The fourth-order valence-electron chi connectivity index (χ4n) is 4.32. The lowest BCUT2D eigenvalue weighted by molar-refractivity contribution is 0.0199. The molecular weight excluding hydrogens is 292 g/mol. The van der Waals surface area contributed by atoms with Gasteiger partial charge >= 0.3 is 6.09 Å². The van der Waals surface area contributed by atoms with Gasteiger partial charge in [0.05, 0.1) is 13.2 Å². The Morgan fingerprint density at radius 1 is 1.13 bits per heavy atom. The van der Waals surface area contributed by atoms with Crippen LogP contribution in [0.25, 0.3) is 0 Å². The molecule has 0 bridgehead atoms. The molecule has 6 heteroatoms. The molecule has 6 nitrogen and oxygen atoms in total. The number of carbonyl (C=O) groups excluding carboxylic acids is 1. The largest absolute Gasteiger partial charge is 0.453 e. The summed E-state index contributed by atoms with van der Waals surface area (Å²) in [6.07, 6.45) is 8.11. The Labute approximate surface area is 138 Å². The molecule has 2 saturated heterocycles. The Kier molecular flexibility index (Phi) is 4.90. The molecular formula is C17H28N4O2. The first-order valence-electron chi connectivity index (χ1n) is 8.69. The van der Waals surface area contributed by atoms with Crippen LogP contribution in [0.1, 0.15) is 45.6 Å². The molecule has 2 atom stereocenters. The highest BCUT2D eigenvalue weighted by atomic mass is 16.5. The number of amides is 1. The van der Waals surface area contributed by atoms with E-state index in [0.29, 0.717) is 12.1 Å². The van der Waals surface area contributed by atoms with E-state index in [9.17, 15) is 4.79 Å². The van der Waals surface area contributed by atoms with Crippen LogP contribution in [0.3, 0.4) is 0 Å². The summed E-state index contributed by atoms with van der Waals surface area (Å²) in [6, 6.07) is 3.57. The first-order chi connectivity index (χ1) is 11.1. The highest BCUT2D eigenvalue weighted by Crippen LogP contribution is 2.31. The monoisotopic (exact) mass is 320 g/mol. The van der Waals surface area contributed by atoms with Crippen molar-refractivity contribution < 1.29 is 9.53 Å². The SMILES string of the molecule is COC(=O)N1C(C)CC(N2CCC(n3cccn3)CC2)CC1C. The third-order valence-electron chi connectivity index (χ3n) is 5.48. The summed E-state index contributed by atoms with van der Waals surface area (Å²) in [7, 11) is 1.47. The minimum atomic E-state index is -0.194. The molecule has 0 saturated carbocycles. The van der Waals surface area contributed by atoms with Crippen LogP contribution >= 0.6 is 0 Å². The number of ether oxygens (including phenoxy) is 1. The summed E-state index contributed by atoms with van der Waals surface area (Å²) in [5.41, 5.74) is 0. The van der Waals surface area contributed by atoms with Crippen LogP contribution in [-0.2, 0) is 4.74 Å². The average Bonchev–Trinajstić information content (AvgIpc) is 3.08. The van der Waals surface area contributed by atoms with Crippen LogP contribution < -0.4 is 0 Å². The highest BCUT2D eigenvalue weighted by Gasteiger charge is 2.37. The number of hydrogen-bond donors (Lipinski definition) is 0. The molecule has 0 radical (unpaired) electrons. The number of rotatable bonds is 2. The van der Waals surface area contributed by atoms with E-state index in [2.05, 4.69) is 34.7 Å². The Hall–Kier alpha value is -1.56. The topological polar surface area (TPSA) is 50.6 Å². The number of carbonyl (C=O) groups is 1. The predicted molar refractivity (Wildman–Crippen MR) is 88.3 cm³/mol. The van der Waals surface area contributed by atoms with Gasteiger partial charge in [0.25, 0.3) is 0 Å². The smallest absolute Gasteiger partial charge is 0.409 e. The van der Waals surface area contributed by atoms with Crippen molar-refractivity contribution in [2.45, 2.75) is 63.7 Å². The summed E-state index contributed by atoms with van der Waals surface area (Å²) >= 11 is 0. The van der Waals surface area contributed by atoms with E-state index in [-0.39, 0.29) is 18.2 Å². The summed E-state index contributed by atoms with van der Waals surface area (Å²) in [5, 5.41) is 4.38. The van der Waals surface area contributed by atoms with Crippen molar-refractivity contribution in [1.82, 2.24) is 19.6 Å². The van der Waals surface area contributed by atoms with Gasteiger partial charge in [0.2, 0.25) is 0 Å². The van der Waals surface area contributed by atoms with Crippen molar-refractivity contribution in [3.8, 4) is 0 Å². The molecule has 2 fully saturated rings. The third-order valence-corrected chi connectivity index (χ3v) is 5.48. The predicted octanol–water partition coefficient (Wildman–Crippen LogP) is 2.53. The van der Waals surface area contributed by atoms with E-state index in [1.54, 1.807) is 0 Å². The lowest BCUT2D eigenvalue weighted by atomic mass is 9.90. The van der Waals surface area contributed by atoms with E-state index in [4.69, 9.17) is 4.74 Å². The van der Waals surface area contributed by atoms with Crippen LogP contribution in [-0.4, -0.2) is 64.0 Å². The molecule has 23 heavy (non-hydrogen) atoms. The maximum Gasteiger partial charge on any atom is 0.409 e. The zero-order chi connectivity index (χ0) is 16.4. The van der Waals surface area contributed by atoms with Gasteiger partial charge in [-0.25, -0.2) is 4.79 Å². The lowest BCUT2D eigenvalue weighted by Gasteiger charge is -2.47. The number of nitrogens with zero attached hydrogens (tertiary/aromatic N) is 4. The van der Waals surface area contributed by atoms with Gasteiger partial charge in [-0.2, -0.15) is 5.10 Å². The third kappa shape index (κ3) is 3.37. The Balaban J connectivity index is 1.56. The minimum absolute atomic E-state index is 0.194. The van der Waals surface area contributed by atoms with Crippen LogP contribution in [0.5, 0.6) is 0 Å². The maximum absolute atomic E-state index is 11.9. The molecule has 0 spiro atoms. The summed E-state index contributed by atoms with van der Waals surface area (Å²) < 4.78 is 7.03. The first-order valence-corrected chi connectivity index (χ1v) is 8.69. The van der Waals surface area contributed by atoms with Gasteiger partial charge in [-0.1, -0.05) is 0 Å². The van der Waals surface area contributed by atoms with Crippen LogP contribution in [0.2, 0.25) is 0 Å². The van der Waals surface area contributed by atoms with Crippen LogP contribution in [0.4, 0.5) is 4.79 Å². The van der Waals surface area contributed by atoms with Gasteiger partial charge in [0.15, 0.2) is 0 Å². The molecule has 1 aromatic rings. The molecule has 3 rings (SSSR count). The summed E-state index contributed by atoms with van der Waals surface area (Å²) in [6.45, 7) is 6.51. The minimum Gasteiger partial charge on any atom is -0.453 e. The van der Waals surface area contributed by atoms with E-state index < -0.39 is 0 Å². The quantitative estimate of drug-likeness (QED) is 0.840. The van der Waals surface area contributed by atoms with Gasteiger partial charge in [-0.15, -0.1) is 0 Å². The number of methoxy groups -OCH3 is 1. The maximum atomic E-state index is 11.9. The highest BCUT2D eigenvalue weighted by molar-refractivity contribution is 5.68. The van der Waals surface area contributed by atoms with E-state index in [1.807, 2.05) is 17.2 Å². The van der Waals surface area contributed by atoms with E-state index >= 15 is 0 Å². The van der Waals surface area contributed by atoms with E-state index in [0.717, 1.165) is 38.8 Å². The number of aromatic nitrogens is 2. The number of piperidine rings is 2. The van der Waals surface area contributed by atoms with Crippen molar-refractivity contribution in [2.75, 3.05) is 20.2 Å². The zero-order valence-corrected chi connectivity index (χ0v) is 14.4. The fraction of sp³-hybridized carbons (Fsp3) is 0.765. The molecule has 0 N–H and O–H groups in total. The van der Waals surface area contributed by atoms with Gasteiger partial charge in [0.1, 0.15) is 0 Å². The van der Waals surface area contributed by atoms with Crippen LogP contribution in [0, 0.1) is 0 Å².